The van der Waals surface area contributed by atoms with Crippen LogP contribution in [0.2, 0.25) is 0 Å². The lowest BCUT2D eigenvalue weighted by Crippen LogP contribution is -2.20. The highest BCUT2D eigenvalue weighted by Gasteiger charge is 2.13. The zero-order valence-corrected chi connectivity index (χ0v) is 20.7. The molecule has 3 aromatic carbocycles. The van der Waals surface area contributed by atoms with Gasteiger partial charge in [0.05, 0.1) is 0 Å². The van der Waals surface area contributed by atoms with Crippen molar-refractivity contribution in [3.63, 3.8) is 0 Å². The molecule has 7 heteroatoms. The summed E-state index contributed by atoms with van der Waals surface area (Å²) in [5.41, 5.74) is 4.95. The third kappa shape index (κ3) is 6.80. The number of aryl methyl sites for hydroxylation is 3. The SMILES string of the molecule is Cc1ccc(NC(=O)/C(C#N)=C\c2cc(Br)ccc2OCC(=O)Nc2ccc(C)c(C)c2)cc1. The Morgan fingerprint density at radius 2 is 1.65 bits per heavy atom. The van der Waals surface area contributed by atoms with Crippen LogP contribution in [0.5, 0.6) is 5.75 Å². The summed E-state index contributed by atoms with van der Waals surface area (Å²) in [6.45, 7) is 5.70. The molecule has 172 valence electrons. The highest BCUT2D eigenvalue weighted by molar-refractivity contribution is 9.10. The van der Waals surface area contributed by atoms with Crippen molar-refractivity contribution in [1.82, 2.24) is 0 Å². The molecule has 3 rings (SSSR count). The molecule has 0 saturated heterocycles. The standard InChI is InChI=1S/C27H24BrN3O3/c1-17-4-8-23(9-5-17)31-27(33)21(15-29)13-20-14-22(28)7-11-25(20)34-16-26(32)30-24-10-6-18(2)19(3)12-24/h4-14H,16H2,1-3H3,(H,30,32)(H,31,33)/b21-13-. The maximum atomic E-state index is 12.6. The first kappa shape index (κ1) is 24.7. The van der Waals surface area contributed by atoms with Crippen molar-refractivity contribution in [2.45, 2.75) is 20.8 Å². The number of nitriles is 1. The lowest BCUT2D eigenvalue weighted by atomic mass is 10.1. The Morgan fingerprint density at radius 1 is 0.941 bits per heavy atom. The number of benzene rings is 3. The molecule has 0 heterocycles. The second-order valence-corrected chi connectivity index (χ2v) is 8.72. The van der Waals surface area contributed by atoms with E-state index in [-0.39, 0.29) is 18.1 Å². The summed E-state index contributed by atoms with van der Waals surface area (Å²) < 4.78 is 6.46. The molecule has 34 heavy (non-hydrogen) atoms. The number of carbonyl (C=O) groups is 2. The Balaban J connectivity index is 1.73. The van der Waals surface area contributed by atoms with Crippen LogP contribution in [-0.4, -0.2) is 18.4 Å². The third-order valence-electron chi connectivity index (χ3n) is 5.10. The van der Waals surface area contributed by atoms with Crippen molar-refractivity contribution in [2.75, 3.05) is 17.2 Å². The lowest BCUT2D eigenvalue weighted by molar-refractivity contribution is -0.118. The van der Waals surface area contributed by atoms with Crippen LogP contribution >= 0.6 is 15.9 Å². The number of halogens is 1. The van der Waals surface area contributed by atoms with E-state index < -0.39 is 5.91 Å². The fraction of sp³-hybridized carbons (Fsp3) is 0.148. The number of anilines is 2. The zero-order valence-electron chi connectivity index (χ0n) is 19.1. The minimum Gasteiger partial charge on any atom is -0.483 e. The Hall–Kier alpha value is -3.89. The van der Waals surface area contributed by atoms with Crippen LogP contribution in [0.3, 0.4) is 0 Å². The van der Waals surface area contributed by atoms with Gasteiger partial charge in [-0.2, -0.15) is 5.26 Å². The first-order chi connectivity index (χ1) is 16.2. The van der Waals surface area contributed by atoms with Gasteiger partial charge in [0.2, 0.25) is 0 Å². The molecule has 3 aromatic rings. The first-order valence-electron chi connectivity index (χ1n) is 10.5. The van der Waals surface area contributed by atoms with Crippen molar-refractivity contribution in [3.05, 3.63) is 93.0 Å². The average molecular weight is 518 g/mol. The van der Waals surface area contributed by atoms with Crippen LogP contribution in [0, 0.1) is 32.1 Å². The molecule has 0 atom stereocenters. The number of rotatable bonds is 7. The lowest BCUT2D eigenvalue weighted by Gasteiger charge is -2.12. The molecule has 0 unspecified atom stereocenters. The smallest absolute Gasteiger partial charge is 0.266 e. The minimum atomic E-state index is -0.537. The summed E-state index contributed by atoms with van der Waals surface area (Å²) >= 11 is 3.40. The monoisotopic (exact) mass is 517 g/mol. The normalized spacial score (nSPS) is 10.9. The number of ether oxygens (including phenoxy) is 1. The third-order valence-corrected chi connectivity index (χ3v) is 5.59. The number of hydrogen-bond acceptors (Lipinski definition) is 4. The number of carbonyl (C=O) groups excluding carboxylic acids is 2. The molecule has 0 spiro atoms. The van der Waals surface area contributed by atoms with Crippen LogP contribution in [0.25, 0.3) is 6.08 Å². The molecule has 0 aliphatic heterocycles. The summed E-state index contributed by atoms with van der Waals surface area (Å²) in [6.07, 6.45) is 1.44. The molecular weight excluding hydrogens is 494 g/mol. The molecule has 0 aromatic heterocycles. The quantitative estimate of drug-likeness (QED) is 0.299. The van der Waals surface area contributed by atoms with Gasteiger partial charge in [-0.1, -0.05) is 39.7 Å². The fourth-order valence-electron chi connectivity index (χ4n) is 3.06. The van der Waals surface area contributed by atoms with Crippen molar-refractivity contribution >= 4 is 45.2 Å². The van der Waals surface area contributed by atoms with Gasteiger partial charge in [0.1, 0.15) is 17.4 Å². The molecule has 0 saturated carbocycles. The highest BCUT2D eigenvalue weighted by Crippen LogP contribution is 2.26. The van der Waals surface area contributed by atoms with Crippen molar-refractivity contribution < 1.29 is 14.3 Å². The Kier molecular flexibility index (Phi) is 8.23. The van der Waals surface area contributed by atoms with Crippen LogP contribution in [0.15, 0.2) is 70.7 Å². The molecule has 6 nitrogen and oxygen atoms in total. The summed E-state index contributed by atoms with van der Waals surface area (Å²) in [5, 5.41) is 15.1. The predicted octanol–water partition coefficient (Wildman–Crippen LogP) is 5.94. The first-order valence-corrected chi connectivity index (χ1v) is 11.3. The van der Waals surface area contributed by atoms with Crippen molar-refractivity contribution in [2.24, 2.45) is 0 Å². The number of amides is 2. The maximum absolute atomic E-state index is 12.6. The van der Waals surface area contributed by atoms with E-state index in [1.165, 1.54) is 6.08 Å². The van der Waals surface area contributed by atoms with Gasteiger partial charge in [-0.05, 0) is 80.4 Å². The Labute approximate surface area is 207 Å². The number of nitrogens with one attached hydrogen (secondary N) is 2. The second-order valence-electron chi connectivity index (χ2n) is 7.81. The number of nitrogens with zero attached hydrogens (tertiary/aromatic N) is 1. The van der Waals surface area contributed by atoms with Gasteiger partial charge in [-0.15, -0.1) is 0 Å². The van der Waals surface area contributed by atoms with Gasteiger partial charge in [-0.25, -0.2) is 0 Å². The van der Waals surface area contributed by atoms with Gasteiger partial charge in [-0.3, -0.25) is 9.59 Å². The van der Waals surface area contributed by atoms with E-state index in [1.54, 1.807) is 30.3 Å². The Morgan fingerprint density at radius 3 is 2.32 bits per heavy atom. The Bertz CT molecular complexity index is 1290. The van der Waals surface area contributed by atoms with Gasteiger partial charge in [0.25, 0.3) is 11.8 Å². The zero-order chi connectivity index (χ0) is 24.7. The van der Waals surface area contributed by atoms with E-state index in [0.29, 0.717) is 22.7 Å². The van der Waals surface area contributed by atoms with Gasteiger partial charge in [0.15, 0.2) is 6.61 Å². The second kappa shape index (κ2) is 11.3. The molecule has 0 bridgehead atoms. The van der Waals surface area contributed by atoms with Crippen LogP contribution in [0.4, 0.5) is 11.4 Å². The summed E-state index contributed by atoms with van der Waals surface area (Å²) in [7, 11) is 0. The summed E-state index contributed by atoms with van der Waals surface area (Å²) in [4.78, 5) is 25.0. The molecule has 2 amide bonds. The molecule has 2 N–H and O–H groups in total. The van der Waals surface area contributed by atoms with Crippen molar-refractivity contribution in [1.29, 1.82) is 5.26 Å². The van der Waals surface area contributed by atoms with E-state index in [0.717, 1.165) is 21.2 Å². The summed E-state index contributed by atoms with van der Waals surface area (Å²) in [5.74, 6) is -0.488. The predicted molar refractivity (Wildman–Crippen MR) is 138 cm³/mol. The topological polar surface area (TPSA) is 91.2 Å². The molecule has 0 aliphatic rings. The van der Waals surface area contributed by atoms with E-state index >= 15 is 0 Å². The van der Waals surface area contributed by atoms with Crippen LogP contribution in [-0.2, 0) is 9.59 Å². The van der Waals surface area contributed by atoms with Gasteiger partial charge in [0, 0.05) is 21.4 Å². The van der Waals surface area contributed by atoms with E-state index in [9.17, 15) is 14.9 Å². The van der Waals surface area contributed by atoms with E-state index in [1.807, 2.05) is 57.2 Å². The fourth-order valence-corrected chi connectivity index (χ4v) is 3.44. The molecule has 0 radical (unpaired) electrons. The van der Waals surface area contributed by atoms with Gasteiger partial charge >= 0.3 is 0 Å². The van der Waals surface area contributed by atoms with Gasteiger partial charge < -0.3 is 15.4 Å². The number of hydrogen-bond donors (Lipinski definition) is 2. The summed E-state index contributed by atoms with van der Waals surface area (Å²) in [6, 6.07) is 20.0. The van der Waals surface area contributed by atoms with E-state index in [4.69, 9.17) is 4.74 Å². The van der Waals surface area contributed by atoms with Crippen LogP contribution < -0.4 is 15.4 Å². The van der Waals surface area contributed by atoms with Crippen molar-refractivity contribution in [3.8, 4) is 11.8 Å². The molecule has 0 fully saturated rings. The largest absolute Gasteiger partial charge is 0.483 e. The highest BCUT2D eigenvalue weighted by atomic mass is 79.9. The minimum absolute atomic E-state index is 0.0943. The van der Waals surface area contributed by atoms with E-state index in [2.05, 4.69) is 26.6 Å². The molecular formula is C27H24BrN3O3. The maximum Gasteiger partial charge on any atom is 0.266 e. The van der Waals surface area contributed by atoms with Crippen LogP contribution in [0.1, 0.15) is 22.3 Å². The average Bonchev–Trinajstić information content (AvgIpc) is 2.80. The molecule has 0 aliphatic carbocycles.